The van der Waals surface area contributed by atoms with Crippen molar-refractivity contribution in [2.24, 2.45) is 0 Å². The van der Waals surface area contributed by atoms with Crippen LogP contribution in [0, 0.1) is 0 Å². The fourth-order valence-electron chi connectivity index (χ4n) is 2.29. The zero-order chi connectivity index (χ0) is 15.5. The Morgan fingerprint density at radius 1 is 1.32 bits per heavy atom. The molecule has 1 amide bonds. The summed E-state index contributed by atoms with van der Waals surface area (Å²) in [6.07, 6.45) is 4.43. The molecule has 3 aromatic rings. The van der Waals surface area contributed by atoms with Crippen LogP contribution in [0.2, 0.25) is 0 Å². The molecule has 5 nitrogen and oxygen atoms in total. The minimum atomic E-state index is -0.149. The van der Waals surface area contributed by atoms with E-state index in [1.807, 2.05) is 44.2 Å². The molecule has 0 radical (unpaired) electrons. The molecule has 5 heteroatoms. The molecule has 3 rings (SSSR count). The third-order valence-corrected chi connectivity index (χ3v) is 3.76. The normalized spacial score (nSPS) is 12.3. The van der Waals surface area contributed by atoms with Crippen LogP contribution in [0.4, 0.5) is 0 Å². The number of pyridine rings is 1. The van der Waals surface area contributed by atoms with Gasteiger partial charge in [0.1, 0.15) is 0 Å². The Morgan fingerprint density at radius 3 is 2.91 bits per heavy atom. The van der Waals surface area contributed by atoms with E-state index in [0.29, 0.717) is 5.69 Å². The van der Waals surface area contributed by atoms with Crippen LogP contribution in [0.3, 0.4) is 0 Å². The van der Waals surface area contributed by atoms with Crippen LogP contribution >= 0.6 is 0 Å². The van der Waals surface area contributed by atoms with Crippen LogP contribution in [-0.2, 0) is 0 Å². The van der Waals surface area contributed by atoms with Crippen LogP contribution in [0.15, 0.2) is 42.7 Å². The summed E-state index contributed by atoms with van der Waals surface area (Å²) < 4.78 is 0. The maximum absolute atomic E-state index is 12.3. The van der Waals surface area contributed by atoms with E-state index in [1.54, 1.807) is 12.4 Å². The zero-order valence-corrected chi connectivity index (χ0v) is 12.6. The topological polar surface area (TPSA) is 70.7 Å². The van der Waals surface area contributed by atoms with Crippen LogP contribution in [0.5, 0.6) is 0 Å². The van der Waals surface area contributed by atoms with E-state index in [-0.39, 0.29) is 11.9 Å². The number of amides is 1. The number of carbonyl (C=O) groups is 1. The maximum Gasteiger partial charge on any atom is 0.272 e. The number of nitrogens with zero attached hydrogens (tertiary/aromatic N) is 2. The summed E-state index contributed by atoms with van der Waals surface area (Å²) >= 11 is 0. The van der Waals surface area contributed by atoms with Crippen molar-refractivity contribution in [1.29, 1.82) is 0 Å². The number of hydrogen-bond acceptors (Lipinski definition) is 3. The Bertz CT molecular complexity index is 795. The Labute approximate surface area is 128 Å². The fourth-order valence-corrected chi connectivity index (χ4v) is 2.29. The number of benzene rings is 1. The third-order valence-electron chi connectivity index (χ3n) is 3.76. The molecule has 112 valence electrons. The van der Waals surface area contributed by atoms with E-state index < -0.39 is 0 Å². The number of nitrogens with one attached hydrogen (secondary N) is 2. The van der Waals surface area contributed by atoms with Gasteiger partial charge in [-0.3, -0.25) is 14.9 Å². The van der Waals surface area contributed by atoms with Gasteiger partial charge in [-0.1, -0.05) is 19.1 Å². The number of rotatable bonds is 4. The van der Waals surface area contributed by atoms with E-state index in [1.165, 1.54) is 0 Å². The Morgan fingerprint density at radius 2 is 2.18 bits per heavy atom. The smallest absolute Gasteiger partial charge is 0.272 e. The molecule has 1 unspecified atom stereocenters. The zero-order valence-electron chi connectivity index (χ0n) is 12.6. The number of aromatic nitrogens is 3. The van der Waals surface area contributed by atoms with Gasteiger partial charge in [0.05, 0.1) is 5.52 Å². The molecular weight excluding hydrogens is 276 g/mol. The van der Waals surface area contributed by atoms with Gasteiger partial charge in [-0.2, -0.15) is 5.10 Å². The number of fused-ring (bicyclic) bond motifs is 1. The lowest BCUT2D eigenvalue weighted by Crippen LogP contribution is -2.32. The monoisotopic (exact) mass is 294 g/mol. The highest BCUT2D eigenvalue weighted by Crippen LogP contribution is 2.24. The van der Waals surface area contributed by atoms with Gasteiger partial charge < -0.3 is 5.32 Å². The first kappa shape index (κ1) is 14.3. The predicted molar refractivity (Wildman–Crippen MR) is 86.5 cm³/mol. The number of aromatic amines is 1. The molecule has 0 saturated carbocycles. The second kappa shape index (κ2) is 5.97. The minimum absolute atomic E-state index is 0.126. The van der Waals surface area contributed by atoms with Crippen molar-refractivity contribution in [2.75, 3.05) is 0 Å². The molecule has 0 saturated heterocycles. The standard InChI is InChI=1S/C17H18N4O/c1-3-11(2)19-17(22)16-14-9-12(6-7-15(14)20-21-16)13-5-4-8-18-10-13/h4-11H,3H2,1-2H3,(H,19,22)(H,20,21). The van der Waals surface area contributed by atoms with Crippen LogP contribution in [-0.4, -0.2) is 27.1 Å². The summed E-state index contributed by atoms with van der Waals surface area (Å²) in [6.45, 7) is 4.02. The van der Waals surface area contributed by atoms with Crippen molar-refractivity contribution in [3.63, 3.8) is 0 Å². The van der Waals surface area contributed by atoms with Crippen LogP contribution in [0.25, 0.3) is 22.0 Å². The summed E-state index contributed by atoms with van der Waals surface area (Å²) in [6, 6.07) is 9.92. The fraction of sp³-hybridized carbons (Fsp3) is 0.235. The van der Waals surface area contributed by atoms with Gasteiger partial charge in [0.25, 0.3) is 5.91 Å². The molecule has 0 aliphatic heterocycles. The highest BCUT2D eigenvalue weighted by molar-refractivity contribution is 6.05. The van der Waals surface area contributed by atoms with Crippen molar-refractivity contribution in [1.82, 2.24) is 20.5 Å². The van der Waals surface area contributed by atoms with Gasteiger partial charge >= 0.3 is 0 Å². The highest BCUT2D eigenvalue weighted by atomic mass is 16.2. The van der Waals surface area contributed by atoms with Crippen LogP contribution in [0.1, 0.15) is 30.8 Å². The lowest BCUT2D eigenvalue weighted by molar-refractivity contribution is 0.0936. The van der Waals surface area contributed by atoms with Gasteiger partial charge in [0, 0.05) is 29.4 Å². The Balaban J connectivity index is 2.01. The average Bonchev–Trinajstić information content (AvgIpc) is 2.98. The molecule has 2 N–H and O–H groups in total. The van der Waals surface area contributed by atoms with Gasteiger partial charge in [-0.05, 0) is 37.1 Å². The van der Waals surface area contributed by atoms with Crippen molar-refractivity contribution < 1.29 is 4.79 Å². The molecule has 0 fully saturated rings. The summed E-state index contributed by atoms with van der Waals surface area (Å²) in [5.41, 5.74) is 3.31. The largest absolute Gasteiger partial charge is 0.348 e. The van der Waals surface area contributed by atoms with E-state index in [2.05, 4.69) is 20.5 Å². The molecule has 0 aliphatic carbocycles. The summed E-state index contributed by atoms with van der Waals surface area (Å²) in [7, 11) is 0. The number of H-pyrrole nitrogens is 1. The second-order valence-electron chi connectivity index (χ2n) is 5.36. The average molecular weight is 294 g/mol. The van der Waals surface area contributed by atoms with E-state index in [9.17, 15) is 4.79 Å². The lowest BCUT2D eigenvalue weighted by Gasteiger charge is -2.10. The highest BCUT2D eigenvalue weighted by Gasteiger charge is 2.16. The third kappa shape index (κ3) is 2.70. The van der Waals surface area contributed by atoms with E-state index in [0.717, 1.165) is 28.5 Å². The summed E-state index contributed by atoms with van der Waals surface area (Å²) in [5.74, 6) is -0.149. The van der Waals surface area contributed by atoms with Crippen LogP contribution < -0.4 is 5.32 Å². The Hall–Kier alpha value is -2.69. The predicted octanol–water partition coefficient (Wildman–Crippen LogP) is 3.15. The maximum atomic E-state index is 12.3. The first-order chi connectivity index (χ1) is 10.7. The van der Waals surface area contributed by atoms with E-state index >= 15 is 0 Å². The van der Waals surface area contributed by atoms with Gasteiger partial charge in [-0.25, -0.2) is 0 Å². The minimum Gasteiger partial charge on any atom is -0.348 e. The molecule has 2 aromatic heterocycles. The molecular formula is C17H18N4O. The SMILES string of the molecule is CCC(C)NC(=O)c1n[nH]c2ccc(-c3cccnc3)cc12. The second-order valence-corrected chi connectivity index (χ2v) is 5.36. The van der Waals surface area contributed by atoms with Gasteiger partial charge in [-0.15, -0.1) is 0 Å². The molecule has 22 heavy (non-hydrogen) atoms. The number of hydrogen-bond donors (Lipinski definition) is 2. The van der Waals surface area contributed by atoms with Crippen molar-refractivity contribution in [3.8, 4) is 11.1 Å². The summed E-state index contributed by atoms with van der Waals surface area (Å²) in [5, 5.41) is 10.8. The molecule has 1 atom stereocenters. The molecule has 1 aromatic carbocycles. The first-order valence-corrected chi connectivity index (χ1v) is 7.38. The lowest BCUT2D eigenvalue weighted by atomic mass is 10.0. The van der Waals surface area contributed by atoms with Gasteiger partial charge in [0.2, 0.25) is 0 Å². The molecule has 0 aliphatic rings. The molecule has 0 spiro atoms. The quantitative estimate of drug-likeness (QED) is 0.776. The Kier molecular flexibility index (Phi) is 3.87. The first-order valence-electron chi connectivity index (χ1n) is 7.38. The van der Waals surface area contributed by atoms with Crippen molar-refractivity contribution in [3.05, 3.63) is 48.4 Å². The van der Waals surface area contributed by atoms with Crippen molar-refractivity contribution in [2.45, 2.75) is 26.3 Å². The number of carbonyl (C=O) groups excluding carboxylic acids is 1. The van der Waals surface area contributed by atoms with Gasteiger partial charge in [0.15, 0.2) is 5.69 Å². The molecule has 2 heterocycles. The molecule has 0 bridgehead atoms. The van der Waals surface area contributed by atoms with E-state index in [4.69, 9.17) is 0 Å². The summed E-state index contributed by atoms with van der Waals surface area (Å²) in [4.78, 5) is 16.5. The van der Waals surface area contributed by atoms with Crippen molar-refractivity contribution >= 4 is 16.8 Å².